The van der Waals surface area contributed by atoms with E-state index < -0.39 is 21.7 Å². The van der Waals surface area contributed by atoms with E-state index in [-0.39, 0.29) is 19.4 Å². The van der Waals surface area contributed by atoms with Crippen LogP contribution in [0.5, 0.6) is 0 Å². The molecule has 0 atom stereocenters. The Morgan fingerprint density at radius 2 is 1.82 bits per heavy atom. The van der Waals surface area contributed by atoms with Gasteiger partial charge in [0, 0.05) is 29.8 Å². The SMILES string of the molecule is Cc1cn(Cc2ccc(F)cc2)c2c(/C=C/C(=O)NS(=O)(=O)c3cc(Cl)c(Cl)s3)cc(F)cc12. The molecule has 0 radical (unpaired) electrons. The van der Waals surface area contributed by atoms with Gasteiger partial charge >= 0.3 is 0 Å². The maximum atomic E-state index is 14.3. The Labute approximate surface area is 208 Å². The Hall–Kier alpha value is -2.72. The first-order valence-electron chi connectivity index (χ1n) is 9.76. The maximum absolute atomic E-state index is 14.3. The Morgan fingerprint density at radius 1 is 1.12 bits per heavy atom. The summed E-state index contributed by atoms with van der Waals surface area (Å²) < 4.78 is 56.0. The summed E-state index contributed by atoms with van der Waals surface area (Å²) in [4.78, 5) is 12.4. The fraction of sp³-hybridized carbons (Fsp3) is 0.0870. The third-order valence-electron chi connectivity index (χ3n) is 4.97. The standard InChI is InChI=1S/C23H16Cl2F2N2O3S2/c1-13-11-29(12-14-2-5-16(26)6-3-14)22-15(8-17(27)9-18(13)22)4-7-20(30)28-34(31,32)21-10-19(24)23(25)33-21/h2-11H,12H2,1H3,(H,28,30)/b7-4+. The van der Waals surface area contributed by atoms with E-state index in [0.717, 1.165) is 34.6 Å². The molecule has 0 aliphatic heterocycles. The molecule has 0 spiro atoms. The van der Waals surface area contributed by atoms with Gasteiger partial charge in [0.05, 0.1) is 10.5 Å². The third-order valence-corrected chi connectivity index (χ3v) is 8.65. The average Bonchev–Trinajstić information content (AvgIpc) is 3.27. The molecule has 0 aliphatic rings. The Morgan fingerprint density at radius 3 is 2.47 bits per heavy atom. The smallest absolute Gasteiger partial charge is 0.273 e. The van der Waals surface area contributed by atoms with Gasteiger partial charge in [-0.3, -0.25) is 4.79 Å². The molecule has 0 unspecified atom stereocenters. The van der Waals surface area contributed by atoms with E-state index >= 15 is 0 Å². The lowest BCUT2D eigenvalue weighted by atomic mass is 10.1. The summed E-state index contributed by atoms with van der Waals surface area (Å²) in [6.07, 6.45) is 4.18. The molecule has 0 saturated heterocycles. The van der Waals surface area contributed by atoms with Crippen molar-refractivity contribution in [1.82, 2.24) is 9.29 Å². The van der Waals surface area contributed by atoms with E-state index in [9.17, 15) is 22.0 Å². The second-order valence-electron chi connectivity index (χ2n) is 7.45. The highest BCUT2D eigenvalue weighted by atomic mass is 35.5. The Balaban J connectivity index is 1.65. The van der Waals surface area contributed by atoms with Crippen molar-refractivity contribution in [2.45, 2.75) is 17.7 Å². The third kappa shape index (κ3) is 5.17. The van der Waals surface area contributed by atoms with Crippen LogP contribution in [0.2, 0.25) is 9.36 Å². The van der Waals surface area contributed by atoms with E-state index in [0.29, 0.717) is 23.0 Å². The summed E-state index contributed by atoms with van der Waals surface area (Å²) in [6, 6.07) is 9.79. The van der Waals surface area contributed by atoms with Gasteiger partial charge in [-0.2, -0.15) is 0 Å². The molecule has 2 heterocycles. The van der Waals surface area contributed by atoms with Gasteiger partial charge in [-0.25, -0.2) is 21.9 Å². The molecule has 5 nitrogen and oxygen atoms in total. The molecule has 0 fully saturated rings. The fourth-order valence-electron chi connectivity index (χ4n) is 3.49. The minimum atomic E-state index is -4.18. The van der Waals surface area contributed by atoms with Crippen molar-refractivity contribution in [3.8, 4) is 0 Å². The van der Waals surface area contributed by atoms with E-state index in [2.05, 4.69) is 0 Å². The molecule has 0 bridgehead atoms. The molecule has 1 N–H and O–H groups in total. The molecule has 11 heteroatoms. The van der Waals surface area contributed by atoms with Crippen molar-refractivity contribution >= 4 is 67.4 Å². The quantitative estimate of drug-likeness (QED) is 0.297. The van der Waals surface area contributed by atoms with Crippen molar-refractivity contribution in [3.63, 3.8) is 0 Å². The number of amides is 1. The molecule has 1 amide bonds. The number of nitrogens with one attached hydrogen (secondary N) is 1. The molecule has 0 saturated carbocycles. The monoisotopic (exact) mass is 540 g/mol. The zero-order valence-corrected chi connectivity index (χ0v) is 20.6. The summed E-state index contributed by atoms with van der Waals surface area (Å²) >= 11 is 12.3. The summed E-state index contributed by atoms with van der Waals surface area (Å²) in [5, 5.41) is 0.701. The highest BCUT2D eigenvalue weighted by molar-refractivity contribution is 7.92. The van der Waals surface area contributed by atoms with Crippen LogP contribution < -0.4 is 4.72 Å². The number of benzene rings is 2. The number of carbonyl (C=O) groups is 1. The lowest BCUT2D eigenvalue weighted by Gasteiger charge is -2.09. The second kappa shape index (κ2) is 9.50. The van der Waals surface area contributed by atoms with Crippen molar-refractivity contribution in [3.05, 3.63) is 92.4 Å². The molecule has 4 rings (SSSR count). The van der Waals surface area contributed by atoms with Crippen LogP contribution in [-0.4, -0.2) is 18.9 Å². The predicted molar refractivity (Wildman–Crippen MR) is 131 cm³/mol. The number of hydrogen-bond donors (Lipinski definition) is 1. The fourth-order valence-corrected chi connectivity index (χ4v) is 6.31. The first kappa shape index (κ1) is 24.4. The van der Waals surface area contributed by atoms with Crippen molar-refractivity contribution in [1.29, 1.82) is 0 Å². The van der Waals surface area contributed by atoms with Gasteiger partial charge in [-0.1, -0.05) is 35.3 Å². The van der Waals surface area contributed by atoms with Gasteiger partial charge in [0.2, 0.25) is 0 Å². The lowest BCUT2D eigenvalue weighted by molar-refractivity contribution is -0.114. The van der Waals surface area contributed by atoms with Crippen LogP contribution >= 0.6 is 34.5 Å². The van der Waals surface area contributed by atoms with Crippen LogP contribution in [0.25, 0.3) is 17.0 Å². The predicted octanol–water partition coefficient (Wildman–Crippen LogP) is 6.16. The van der Waals surface area contributed by atoms with Gasteiger partial charge in [-0.05, 0) is 54.5 Å². The number of hydrogen-bond acceptors (Lipinski definition) is 4. The first-order valence-corrected chi connectivity index (χ1v) is 12.8. The largest absolute Gasteiger partial charge is 0.342 e. The number of carbonyl (C=O) groups excluding carboxylic acids is 1. The first-order chi connectivity index (χ1) is 16.0. The highest BCUT2D eigenvalue weighted by Crippen LogP contribution is 2.34. The summed E-state index contributed by atoms with van der Waals surface area (Å²) in [6.45, 7) is 2.21. The second-order valence-corrected chi connectivity index (χ2v) is 11.4. The van der Waals surface area contributed by atoms with E-state index in [1.54, 1.807) is 12.1 Å². The topological polar surface area (TPSA) is 68.2 Å². The van der Waals surface area contributed by atoms with Crippen LogP contribution in [-0.2, 0) is 21.4 Å². The number of sulfonamides is 1. The number of fused-ring (bicyclic) bond motifs is 1. The number of halogens is 4. The van der Waals surface area contributed by atoms with Crippen LogP contribution in [0.1, 0.15) is 16.7 Å². The van der Waals surface area contributed by atoms with E-state index in [4.69, 9.17) is 23.2 Å². The molecule has 34 heavy (non-hydrogen) atoms. The van der Waals surface area contributed by atoms with Gasteiger partial charge in [-0.15, -0.1) is 11.3 Å². The zero-order chi connectivity index (χ0) is 24.6. The summed E-state index contributed by atoms with van der Waals surface area (Å²) in [7, 11) is -4.18. The number of thiophene rings is 1. The van der Waals surface area contributed by atoms with E-state index in [1.807, 2.05) is 22.4 Å². The Bertz CT molecular complexity index is 1520. The molecule has 0 aliphatic carbocycles. The summed E-state index contributed by atoms with van der Waals surface area (Å²) in [5.41, 5.74) is 2.66. The van der Waals surface area contributed by atoms with E-state index in [1.165, 1.54) is 30.3 Å². The van der Waals surface area contributed by atoms with Gasteiger partial charge in [0.15, 0.2) is 0 Å². The maximum Gasteiger partial charge on any atom is 0.273 e. The normalized spacial score (nSPS) is 12.0. The zero-order valence-electron chi connectivity index (χ0n) is 17.5. The minimum absolute atomic E-state index is 0.0643. The number of aryl methyl sites for hydroxylation is 1. The van der Waals surface area contributed by atoms with Gasteiger partial charge in [0.25, 0.3) is 15.9 Å². The molecule has 176 valence electrons. The molecule has 2 aromatic carbocycles. The number of nitrogens with zero attached hydrogens (tertiary/aromatic N) is 1. The van der Waals surface area contributed by atoms with Crippen molar-refractivity contribution in [2.24, 2.45) is 0 Å². The van der Waals surface area contributed by atoms with Gasteiger partial charge in [0.1, 0.15) is 20.2 Å². The van der Waals surface area contributed by atoms with Crippen LogP contribution in [0.15, 0.2) is 58.9 Å². The average molecular weight is 541 g/mol. The molecular weight excluding hydrogens is 525 g/mol. The Kier molecular flexibility index (Phi) is 6.82. The molecule has 4 aromatic rings. The minimum Gasteiger partial charge on any atom is -0.342 e. The molecular formula is C23H16Cl2F2N2O3S2. The van der Waals surface area contributed by atoms with Crippen LogP contribution in [0, 0.1) is 18.6 Å². The lowest BCUT2D eigenvalue weighted by Crippen LogP contribution is -2.28. The molecule has 2 aromatic heterocycles. The van der Waals surface area contributed by atoms with Crippen molar-refractivity contribution < 1.29 is 22.0 Å². The summed E-state index contributed by atoms with van der Waals surface area (Å²) in [5.74, 6) is -1.78. The van der Waals surface area contributed by atoms with Crippen LogP contribution in [0.3, 0.4) is 0 Å². The highest BCUT2D eigenvalue weighted by Gasteiger charge is 2.21. The number of aromatic nitrogens is 1. The van der Waals surface area contributed by atoms with Crippen LogP contribution in [0.4, 0.5) is 8.78 Å². The van der Waals surface area contributed by atoms with Gasteiger partial charge < -0.3 is 4.57 Å². The van der Waals surface area contributed by atoms with Crippen molar-refractivity contribution in [2.75, 3.05) is 0 Å². The number of rotatable bonds is 6.